The van der Waals surface area contributed by atoms with Gasteiger partial charge in [0.05, 0.1) is 30.9 Å². The maximum atomic E-state index is 2.52. The molecule has 0 bridgehead atoms. The Hall–Kier alpha value is 1.18. The van der Waals surface area contributed by atoms with Gasteiger partial charge in [0.1, 0.15) is 4.35 Å². The molecule has 8 heteroatoms. The molecule has 0 radical (unpaired) electrons. The molecule has 8 heavy (non-hydrogen) atoms. The maximum absolute atomic E-state index is 2.52. The molecule has 0 saturated carbocycles. The summed E-state index contributed by atoms with van der Waals surface area (Å²) in [5.41, 5.74) is 0. The van der Waals surface area contributed by atoms with Gasteiger partial charge >= 0.3 is 0 Å². The van der Waals surface area contributed by atoms with Gasteiger partial charge in [0.25, 0.3) is 0 Å². The van der Waals surface area contributed by atoms with Crippen LogP contribution >= 0.6 is 22.4 Å². The zero-order valence-corrected chi connectivity index (χ0v) is 8.27. The molecular formula is H8B7I. The van der Waals surface area contributed by atoms with E-state index in [1.807, 2.05) is 0 Å². The summed E-state index contributed by atoms with van der Waals surface area (Å²) in [6.07, 6.45) is 1.66. The van der Waals surface area contributed by atoms with E-state index in [1.54, 1.807) is 0 Å². The van der Waals surface area contributed by atoms with Crippen molar-refractivity contribution in [3.8, 4) is 0 Å². The largest absolute Gasteiger partial charge is 0.173 e. The van der Waals surface area contributed by atoms with Crippen LogP contribution in [-0.2, 0) is 0 Å². The first-order valence-electron chi connectivity index (χ1n) is 3.19. The third-order valence-electron chi connectivity index (χ3n) is 1.27. The van der Waals surface area contributed by atoms with Gasteiger partial charge in [-0.15, -0.1) is 0 Å². The van der Waals surface area contributed by atoms with Crippen molar-refractivity contribution < 1.29 is 0 Å². The average Bonchev–Trinajstić information content (AvgIpc) is 1.64. The third-order valence-corrected chi connectivity index (χ3v) is 4.15. The van der Waals surface area contributed by atoms with E-state index in [-0.39, 0.29) is 0 Å². The summed E-state index contributed by atoms with van der Waals surface area (Å²) < 4.78 is 0.840. The highest BCUT2D eigenvalue weighted by Crippen LogP contribution is 1.94. The molecule has 0 aliphatic rings. The molecule has 0 atom stereocenters. The normalized spacial score (nSPS) is 8.12. The van der Waals surface area contributed by atoms with Crippen LogP contribution in [0.25, 0.3) is 0 Å². The molecular weight excluding hydrogens is 203 g/mol. The highest BCUT2D eigenvalue weighted by atomic mass is 127. The Morgan fingerprint density at radius 2 is 1.12 bits per heavy atom. The second kappa shape index (κ2) is 4.07. The second-order valence-corrected chi connectivity index (χ2v) is 4.37. The lowest BCUT2D eigenvalue weighted by Crippen LogP contribution is -2.46. The van der Waals surface area contributed by atoms with Gasteiger partial charge in [0.15, 0.2) is 0 Å². The van der Waals surface area contributed by atoms with Gasteiger partial charge in [0, 0.05) is 12.8 Å². The van der Waals surface area contributed by atoms with Gasteiger partial charge < -0.3 is 0 Å². The summed E-state index contributed by atoms with van der Waals surface area (Å²) in [5.74, 6) is 0. The predicted octanol–water partition coefficient (Wildman–Crippen LogP) is -3.92. The van der Waals surface area contributed by atoms with Crippen LogP contribution in [0.5, 0.6) is 0 Å². The smallest absolute Gasteiger partial charge is 0.123 e. The SMILES string of the molecule is BB(B)B(I)B(B)B. The highest BCUT2D eigenvalue weighted by Gasteiger charge is 2.20. The summed E-state index contributed by atoms with van der Waals surface area (Å²) >= 11 is 2.52. The Bertz CT molecular complexity index is 49.4. The first kappa shape index (κ1) is 9.18. The van der Waals surface area contributed by atoms with E-state index in [1.165, 1.54) is 0 Å². The fraction of sp³-hybridized carbons (Fsp3) is 0. The second-order valence-electron chi connectivity index (χ2n) is 2.93. The molecule has 0 saturated heterocycles. The molecule has 0 heterocycles. The molecule has 0 unspecified atom stereocenters. The Labute approximate surface area is 70.3 Å². The van der Waals surface area contributed by atoms with Crippen LogP contribution in [0, 0.1) is 0 Å². The van der Waals surface area contributed by atoms with E-state index < -0.39 is 0 Å². The summed E-state index contributed by atoms with van der Waals surface area (Å²) in [5, 5.41) is 0. The molecule has 0 fully saturated rings. The zero-order chi connectivity index (χ0) is 6.73. The topological polar surface area (TPSA) is 0 Å². The lowest BCUT2D eigenvalue weighted by Gasteiger charge is -2.08. The van der Waals surface area contributed by atoms with Gasteiger partial charge in [-0.3, -0.25) is 0 Å². The highest BCUT2D eigenvalue weighted by molar-refractivity contribution is 14.1. The molecule has 0 aromatic heterocycles. The van der Waals surface area contributed by atoms with Crippen molar-refractivity contribution in [1.82, 2.24) is 0 Å². The first-order valence-corrected chi connectivity index (χ1v) is 4.44. The van der Waals surface area contributed by atoms with E-state index >= 15 is 0 Å². The summed E-state index contributed by atoms with van der Waals surface area (Å²) in [7, 11) is 9.10. The van der Waals surface area contributed by atoms with Crippen molar-refractivity contribution in [2.24, 2.45) is 0 Å². The van der Waals surface area contributed by atoms with Crippen molar-refractivity contribution in [2.75, 3.05) is 0 Å². The summed E-state index contributed by atoms with van der Waals surface area (Å²) in [4.78, 5) is 0. The fourth-order valence-corrected chi connectivity index (χ4v) is 0.770. The van der Waals surface area contributed by atoms with Gasteiger partial charge in [-0.2, -0.15) is 22.4 Å². The van der Waals surface area contributed by atoms with Crippen LogP contribution in [0.2, 0.25) is 0 Å². The lowest BCUT2D eigenvalue weighted by molar-refractivity contribution is 3.73. The Morgan fingerprint density at radius 3 is 1.12 bits per heavy atom. The Balaban J connectivity index is 3.46. The van der Waals surface area contributed by atoms with Crippen molar-refractivity contribution in [1.29, 1.82) is 0 Å². The predicted molar refractivity (Wildman–Crippen MR) is 65.5 cm³/mol. The molecule has 36 valence electrons. The van der Waals surface area contributed by atoms with Crippen LogP contribution in [0.4, 0.5) is 0 Å². The fourth-order valence-electron chi connectivity index (χ4n) is 0.770. The molecule has 0 N–H and O–H groups in total. The lowest BCUT2D eigenvalue weighted by atomic mass is 8.81. The molecule has 0 nitrogen and oxygen atoms in total. The van der Waals surface area contributed by atoms with Crippen LogP contribution < -0.4 is 0 Å². The third kappa shape index (κ3) is 3.26. The quantitative estimate of drug-likeness (QED) is 0.323. The van der Waals surface area contributed by atoms with Gasteiger partial charge in [-0.05, 0) is 0 Å². The van der Waals surface area contributed by atoms with Crippen molar-refractivity contribution >= 4 is 70.4 Å². The Morgan fingerprint density at radius 1 is 0.875 bits per heavy atom. The van der Waals surface area contributed by atoms with Crippen LogP contribution in [-0.4, -0.2) is 48.1 Å². The monoisotopic (exact) mass is 212 g/mol. The van der Waals surface area contributed by atoms with E-state index in [4.69, 9.17) is 0 Å². The molecule has 0 rings (SSSR count). The first-order chi connectivity index (χ1) is 3.55. The van der Waals surface area contributed by atoms with Crippen molar-refractivity contribution in [2.45, 2.75) is 0 Å². The number of hydrogen-bond acceptors (Lipinski definition) is 0. The van der Waals surface area contributed by atoms with E-state index in [9.17, 15) is 0 Å². The number of rotatable bonds is 2. The summed E-state index contributed by atoms with van der Waals surface area (Å²) in [6, 6.07) is 0. The van der Waals surface area contributed by atoms with Gasteiger partial charge in [0.2, 0.25) is 0 Å². The maximum Gasteiger partial charge on any atom is 0.123 e. The number of hydrogen-bond donors (Lipinski definition) is 0. The molecule has 0 aliphatic carbocycles. The molecule has 0 aliphatic heterocycles. The molecule has 0 aromatic carbocycles. The van der Waals surface area contributed by atoms with E-state index in [0.29, 0.717) is 0 Å². The average molecular weight is 211 g/mol. The molecule has 0 aromatic rings. The van der Waals surface area contributed by atoms with Gasteiger partial charge in [-0.1, -0.05) is 0 Å². The van der Waals surface area contributed by atoms with E-state index in [0.717, 1.165) is 17.1 Å². The van der Waals surface area contributed by atoms with E-state index in [2.05, 4.69) is 53.3 Å². The van der Waals surface area contributed by atoms with Crippen LogP contribution in [0.1, 0.15) is 0 Å². The number of halogens is 1. The zero-order valence-electron chi connectivity index (χ0n) is 6.11. The minimum Gasteiger partial charge on any atom is -0.173 e. The van der Waals surface area contributed by atoms with Crippen LogP contribution in [0.3, 0.4) is 0 Å². The summed E-state index contributed by atoms with van der Waals surface area (Å²) in [6.45, 7) is 0. The molecule has 0 spiro atoms. The Kier molecular flexibility index (Phi) is 4.68. The van der Waals surface area contributed by atoms with Crippen molar-refractivity contribution in [3.63, 3.8) is 0 Å². The van der Waals surface area contributed by atoms with Gasteiger partial charge in [-0.25, -0.2) is 0 Å². The minimum absolute atomic E-state index is 0.829. The molecule has 0 amide bonds. The van der Waals surface area contributed by atoms with Crippen LogP contribution in [0.15, 0.2) is 0 Å². The standard InChI is InChI=1S/B7H8I/c1-5(2)7(8)6(3)4/h1-4H2. The minimum atomic E-state index is 0.829. The van der Waals surface area contributed by atoms with Crippen molar-refractivity contribution in [3.05, 3.63) is 0 Å².